The lowest BCUT2D eigenvalue weighted by molar-refractivity contribution is 0.211. The highest BCUT2D eigenvalue weighted by Crippen LogP contribution is 2.34. The Hall–Kier alpha value is 0.0400. The monoisotopic (exact) mass is 365 g/mol. The van der Waals surface area contributed by atoms with E-state index in [4.69, 9.17) is 27.9 Å². The summed E-state index contributed by atoms with van der Waals surface area (Å²) in [4.78, 5) is 0. The van der Waals surface area contributed by atoms with Gasteiger partial charge in [0.15, 0.2) is 0 Å². The van der Waals surface area contributed by atoms with Gasteiger partial charge in [-0.25, -0.2) is 0 Å². The number of halogens is 3. The largest absolute Gasteiger partial charge is 0.488 e. The van der Waals surface area contributed by atoms with Gasteiger partial charge in [0, 0.05) is 23.1 Å². The minimum absolute atomic E-state index is 0.0651. The molecule has 2 nitrogen and oxygen atoms in total. The van der Waals surface area contributed by atoms with Crippen LogP contribution in [-0.2, 0) is 0 Å². The van der Waals surface area contributed by atoms with Crippen molar-refractivity contribution in [3.8, 4) is 5.75 Å². The van der Waals surface area contributed by atoms with Crippen molar-refractivity contribution in [2.75, 3.05) is 6.54 Å². The second kappa shape index (κ2) is 7.16. The molecule has 0 heterocycles. The zero-order valence-electron chi connectivity index (χ0n) is 10.9. The van der Waals surface area contributed by atoms with Crippen LogP contribution in [0.4, 0.5) is 0 Å². The van der Waals surface area contributed by atoms with Gasteiger partial charge in [0.25, 0.3) is 0 Å². The standard InChI is InChI=1S/C14H18BrCl2NO/c1-9(8-18-10-4-2-3-5-10)19-14-7-12(16)11(15)6-13(14)17/h6-7,9-10,18H,2-5,8H2,1H3. The van der Waals surface area contributed by atoms with Gasteiger partial charge in [0.1, 0.15) is 11.9 Å². The van der Waals surface area contributed by atoms with Crippen LogP contribution in [0.3, 0.4) is 0 Å². The quantitative estimate of drug-likeness (QED) is 0.735. The summed E-state index contributed by atoms with van der Waals surface area (Å²) in [6, 6.07) is 4.16. The van der Waals surface area contributed by atoms with Crippen LogP contribution in [0.1, 0.15) is 32.6 Å². The fourth-order valence-electron chi connectivity index (χ4n) is 2.32. The van der Waals surface area contributed by atoms with E-state index < -0.39 is 0 Å². The number of benzene rings is 1. The molecule has 0 saturated heterocycles. The third-order valence-electron chi connectivity index (χ3n) is 3.35. The average Bonchev–Trinajstić information content (AvgIpc) is 2.86. The first-order valence-corrected chi connectivity index (χ1v) is 8.15. The zero-order chi connectivity index (χ0) is 13.8. The van der Waals surface area contributed by atoms with E-state index in [1.165, 1.54) is 25.7 Å². The fourth-order valence-corrected chi connectivity index (χ4v) is 3.15. The van der Waals surface area contributed by atoms with E-state index in [0.29, 0.717) is 21.8 Å². The third kappa shape index (κ3) is 4.52. The highest BCUT2D eigenvalue weighted by Gasteiger charge is 2.16. The maximum absolute atomic E-state index is 6.14. The van der Waals surface area contributed by atoms with Crippen LogP contribution in [0.25, 0.3) is 0 Å². The second-order valence-electron chi connectivity index (χ2n) is 5.01. The van der Waals surface area contributed by atoms with Gasteiger partial charge in [-0.05, 0) is 41.8 Å². The van der Waals surface area contributed by atoms with Crippen molar-refractivity contribution in [2.45, 2.75) is 44.8 Å². The molecule has 1 unspecified atom stereocenters. The van der Waals surface area contributed by atoms with Crippen molar-refractivity contribution in [3.63, 3.8) is 0 Å². The minimum Gasteiger partial charge on any atom is -0.488 e. The molecule has 1 aliphatic rings. The van der Waals surface area contributed by atoms with Gasteiger partial charge in [-0.2, -0.15) is 0 Å². The number of ether oxygens (including phenoxy) is 1. The Balaban J connectivity index is 1.87. The number of hydrogen-bond acceptors (Lipinski definition) is 2. The summed E-state index contributed by atoms with van der Waals surface area (Å²) >= 11 is 15.5. The highest BCUT2D eigenvalue weighted by atomic mass is 79.9. The number of nitrogens with one attached hydrogen (secondary N) is 1. The molecule has 106 valence electrons. The average molecular weight is 367 g/mol. The molecule has 0 spiro atoms. The van der Waals surface area contributed by atoms with Crippen LogP contribution in [-0.4, -0.2) is 18.7 Å². The van der Waals surface area contributed by atoms with Crippen molar-refractivity contribution < 1.29 is 4.74 Å². The van der Waals surface area contributed by atoms with Gasteiger partial charge in [-0.3, -0.25) is 0 Å². The molecule has 0 amide bonds. The van der Waals surface area contributed by atoms with Crippen LogP contribution >= 0.6 is 39.1 Å². The minimum atomic E-state index is 0.0651. The maximum atomic E-state index is 6.14. The molecule has 1 N–H and O–H groups in total. The van der Waals surface area contributed by atoms with E-state index in [1.54, 1.807) is 12.1 Å². The Labute approximate surface area is 132 Å². The van der Waals surface area contributed by atoms with E-state index >= 15 is 0 Å². The maximum Gasteiger partial charge on any atom is 0.139 e. The number of rotatable bonds is 5. The molecule has 0 bridgehead atoms. The summed E-state index contributed by atoms with van der Waals surface area (Å²) in [6.07, 6.45) is 5.28. The first kappa shape index (κ1) is 15.4. The predicted octanol–water partition coefficient (Wildman–Crippen LogP) is 5.06. The van der Waals surface area contributed by atoms with Gasteiger partial charge in [-0.1, -0.05) is 36.0 Å². The van der Waals surface area contributed by atoms with Gasteiger partial charge >= 0.3 is 0 Å². The first-order valence-electron chi connectivity index (χ1n) is 6.61. The van der Waals surface area contributed by atoms with Crippen LogP contribution in [0.2, 0.25) is 10.0 Å². The predicted molar refractivity (Wildman–Crippen MR) is 84.5 cm³/mol. The van der Waals surface area contributed by atoms with E-state index in [-0.39, 0.29) is 6.10 Å². The van der Waals surface area contributed by atoms with Crippen molar-refractivity contribution in [1.82, 2.24) is 5.32 Å². The Morgan fingerprint density at radius 2 is 2.00 bits per heavy atom. The van der Waals surface area contributed by atoms with Crippen molar-refractivity contribution >= 4 is 39.1 Å². The normalized spacial score (nSPS) is 17.7. The Bertz CT molecular complexity index is 436. The van der Waals surface area contributed by atoms with Crippen molar-refractivity contribution in [1.29, 1.82) is 0 Å². The molecule has 1 aromatic carbocycles. The fraction of sp³-hybridized carbons (Fsp3) is 0.571. The van der Waals surface area contributed by atoms with Crippen molar-refractivity contribution in [3.05, 3.63) is 26.7 Å². The first-order chi connectivity index (χ1) is 9.06. The molecule has 0 radical (unpaired) electrons. The van der Waals surface area contributed by atoms with Crippen molar-refractivity contribution in [2.24, 2.45) is 0 Å². The summed E-state index contributed by atoms with van der Waals surface area (Å²) < 4.78 is 6.62. The third-order valence-corrected chi connectivity index (χ3v) is 4.84. The topological polar surface area (TPSA) is 21.3 Å². The summed E-state index contributed by atoms with van der Waals surface area (Å²) in [5.41, 5.74) is 0. The zero-order valence-corrected chi connectivity index (χ0v) is 14.0. The lowest BCUT2D eigenvalue weighted by atomic mass is 10.2. The van der Waals surface area contributed by atoms with Crippen LogP contribution in [0.15, 0.2) is 16.6 Å². The SMILES string of the molecule is CC(CNC1CCCC1)Oc1cc(Cl)c(Br)cc1Cl. The van der Waals surface area contributed by atoms with Gasteiger partial charge < -0.3 is 10.1 Å². The molecule has 2 rings (SSSR count). The molecule has 19 heavy (non-hydrogen) atoms. The molecular formula is C14H18BrCl2NO. The smallest absolute Gasteiger partial charge is 0.139 e. The van der Waals surface area contributed by atoms with Gasteiger partial charge in [-0.15, -0.1) is 0 Å². The molecule has 1 fully saturated rings. The molecule has 0 aromatic heterocycles. The summed E-state index contributed by atoms with van der Waals surface area (Å²) in [6.45, 7) is 2.86. The molecule has 1 aliphatic carbocycles. The summed E-state index contributed by atoms with van der Waals surface area (Å²) in [7, 11) is 0. The molecule has 1 saturated carbocycles. The molecular weight excluding hydrogens is 349 g/mol. The van der Waals surface area contributed by atoms with E-state index in [1.807, 2.05) is 6.92 Å². The van der Waals surface area contributed by atoms with Crippen LogP contribution < -0.4 is 10.1 Å². The molecule has 0 aliphatic heterocycles. The lowest BCUT2D eigenvalue weighted by Gasteiger charge is -2.19. The Kier molecular flexibility index (Phi) is 5.82. The van der Waals surface area contributed by atoms with E-state index in [9.17, 15) is 0 Å². The lowest BCUT2D eigenvalue weighted by Crippen LogP contribution is -2.35. The van der Waals surface area contributed by atoms with Crippen LogP contribution in [0, 0.1) is 0 Å². The highest BCUT2D eigenvalue weighted by molar-refractivity contribution is 9.10. The Morgan fingerprint density at radius 3 is 2.68 bits per heavy atom. The molecule has 1 atom stereocenters. The summed E-state index contributed by atoms with van der Waals surface area (Å²) in [5, 5.41) is 4.72. The summed E-state index contributed by atoms with van der Waals surface area (Å²) in [5.74, 6) is 0.635. The second-order valence-corrected chi connectivity index (χ2v) is 6.68. The van der Waals surface area contributed by atoms with Crippen LogP contribution in [0.5, 0.6) is 5.75 Å². The van der Waals surface area contributed by atoms with Gasteiger partial charge in [0.2, 0.25) is 0 Å². The number of hydrogen-bond donors (Lipinski definition) is 1. The van der Waals surface area contributed by atoms with E-state index in [0.717, 1.165) is 11.0 Å². The van der Waals surface area contributed by atoms with E-state index in [2.05, 4.69) is 21.2 Å². The Morgan fingerprint density at radius 1 is 1.32 bits per heavy atom. The van der Waals surface area contributed by atoms with Gasteiger partial charge in [0.05, 0.1) is 10.0 Å². The molecule has 5 heteroatoms. The molecule has 1 aromatic rings.